The Morgan fingerprint density at radius 3 is 2.75 bits per heavy atom. The number of hydrogen-bond acceptors (Lipinski definition) is 3. The molecule has 2 aromatic rings. The Labute approximate surface area is 125 Å². The molecule has 0 unspecified atom stereocenters. The smallest absolute Gasteiger partial charge is 0.0956 e. The topological polar surface area (TPSA) is 38.9 Å². The van der Waals surface area contributed by atoms with Gasteiger partial charge in [-0.15, -0.1) is 11.3 Å². The van der Waals surface area contributed by atoms with Gasteiger partial charge in [0.05, 0.1) is 15.2 Å². The maximum absolute atomic E-state index is 6.64. The van der Waals surface area contributed by atoms with E-state index in [9.17, 15) is 0 Å². The molecule has 3 heteroatoms. The summed E-state index contributed by atoms with van der Waals surface area (Å²) in [6.45, 7) is 2.28. The molecule has 1 heterocycles. The number of rotatable bonds is 4. The highest BCUT2D eigenvalue weighted by Crippen LogP contribution is 2.36. The van der Waals surface area contributed by atoms with Crippen molar-refractivity contribution in [3.63, 3.8) is 0 Å². The van der Waals surface area contributed by atoms with E-state index in [0.29, 0.717) is 0 Å². The van der Waals surface area contributed by atoms with Crippen LogP contribution in [0.4, 0.5) is 0 Å². The van der Waals surface area contributed by atoms with Gasteiger partial charge in [-0.05, 0) is 43.7 Å². The van der Waals surface area contributed by atoms with E-state index in [1.54, 1.807) is 0 Å². The third kappa shape index (κ3) is 3.04. The molecule has 2 nitrogen and oxygen atoms in total. The highest BCUT2D eigenvalue weighted by Gasteiger charge is 2.32. The summed E-state index contributed by atoms with van der Waals surface area (Å²) in [6.07, 6.45) is 8.55. The first-order chi connectivity index (χ1) is 9.68. The summed E-state index contributed by atoms with van der Waals surface area (Å²) < 4.78 is 1.28. The maximum Gasteiger partial charge on any atom is 0.0956 e. The Morgan fingerprint density at radius 2 is 2.05 bits per heavy atom. The molecular formula is C17H24N2S. The molecule has 2 N–H and O–H groups in total. The van der Waals surface area contributed by atoms with Crippen LogP contribution in [0.15, 0.2) is 24.3 Å². The molecule has 1 fully saturated rings. The number of fused-ring (bicyclic) bond motifs is 1. The van der Waals surface area contributed by atoms with Gasteiger partial charge in [0.15, 0.2) is 0 Å². The molecule has 20 heavy (non-hydrogen) atoms. The average Bonchev–Trinajstić information content (AvgIpc) is 2.83. The molecule has 1 saturated carbocycles. The summed E-state index contributed by atoms with van der Waals surface area (Å²) in [5.74, 6) is 0.909. The van der Waals surface area contributed by atoms with E-state index in [1.165, 1.54) is 35.4 Å². The summed E-state index contributed by atoms with van der Waals surface area (Å²) >= 11 is 1.81. The second kappa shape index (κ2) is 5.82. The van der Waals surface area contributed by atoms with Gasteiger partial charge in [0, 0.05) is 12.0 Å². The molecule has 0 saturated heterocycles. The van der Waals surface area contributed by atoms with Crippen LogP contribution in [-0.2, 0) is 6.42 Å². The Kier molecular flexibility index (Phi) is 4.08. The Hall–Kier alpha value is -0.930. The molecule has 0 atom stereocenters. The summed E-state index contributed by atoms with van der Waals surface area (Å²) in [5.41, 5.74) is 7.74. The number of para-hydroxylation sites is 1. The zero-order valence-electron chi connectivity index (χ0n) is 12.3. The van der Waals surface area contributed by atoms with Gasteiger partial charge in [-0.3, -0.25) is 0 Å². The van der Waals surface area contributed by atoms with Gasteiger partial charge >= 0.3 is 0 Å². The molecule has 3 rings (SSSR count). The van der Waals surface area contributed by atoms with Crippen LogP contribution in [0.25, 0.3) is 10.2 Å². The molecule has 1 aliphatic rings. The van der Waals surface area contributed by atoms with Crippen molar-refractivity contribution in [1.82, 2.24) is 4.98 Å². The van der Waals surface area contributed by atoms with Gasteiger partial charge in [0.1, 0.15) is 0 Å². The number of hydrogen-bond donors (Lipinski definition) is 1. The van der Waals surface area contributed by atoms with Crippen LogP contribution in [-0.4, -0.2) is 10.5 Å². The molecule has 1 aliphatic carbocycles. The predicted octanol–water partition coefficient (Wildman–Crippen LogP) is 4.53. The van der Waals surface area contributed by atoms with Crippen molar-refractivity contribution < 1.29 is 0 Å². The van der Waals surface area contributed by atoms with Crippen molar-refractivity contribution in [3.05, 3.63) is 29.3 Å². The van der Waals surface area contributed by atoms with E-state index < -0.39 is 0 Å². The molecule has 0 spiro atoms. The summed E-state index contributed by atoms with van der Waals surface area (Å²) in [7, 11) is 0. The van der Waals surface area contributed by atoms with E-state index in [1.807, 2.05) is 11.3 Å². The molecule has 1 aromatic carbocycles. The van der Waals surface area contributed by atoms with Crippen molar-refractivity contribution in [2.75, 3.05) is 0 Å². The van der Waals surface area contributed by atoms with E-state index in [-0.39, 0.29) is 5.54 Å². The molecule has 1 aromatic heterocycles. The van der Waals surface area contributed by atoms with Gasteiger partial charge in [-0.25, -0.2) is 4.98 Å². The van der Waals surface area contributed by atoms with E-state index in [2.05, 4.69) is 31.2 Å². The number of nitrogens with two attached hydrogens (primary N) is 1. The standard InChI is InChI=1S/C17H24N2S/c1-2-5-13-8-10-17(18,11-9-13)12-16-19-14-6-3-4-7-15(14)20-16/h3-4,6-7,13H,2,5,8-12,18H2,1H3. The van der Waals surface area contributed by atoms with E-state index in [0.717, 1.165) is 30.7 Å². The predicted molar refractivity (Wildman–Crippen MR) is 87.1 cm³/mol. The summed E-state index contributed by atoms with van der Waals surface area (Å²) in [6, 6.07) is 8.38. The molecule has 0 radical (unpaired) electrons. The SMILES string of the molecule is CCCC1CCC(N)(Cc2nc3ccccc3s2)CC1. The van der Waals surface area contributed by atoms with Crippen molar-refractivity contribution in [2.24, 2.45) is 11.7 Å². The minimum Gasteiger partial charge on any atom is -0.325 e. The number of thiazole rings is 1. The van der Waals surface area contributed by atoms with Gasteiger partial charge in [-0.2, -0.15) is 0 Å². The van der Waals surface area contributed by atoms with Gasteiger partial charge < -0.3 is 5.73 Å². The van der Waals surface area contributed by atoms with Crippen LogP contribution in [0.5, 0.6) is 0 Å². The van der Waals surface area contributed by atoms with Crippen molar-refractivity contribution in [3.8, 4) is 0 Å². The maximum atomic E-state index is 6.64. The minimum atomic E-state index is -0.0158. The monoisotopic (exact) mass is 288 g/mol. The number of benzene rings is 1. The molecular weight excluding hydrogens is 264 g/mol. The third-order valence-electron chi connectivity index (χ3n) is 4.64. The highest BCUT2D eigenvalue weighted by molar-refractivity contribution is 7.18. The fourth-order valence-electron chi connectivity index (χ4n) is 3.42. The molecule has 108 valence electrons. The van der Waals surface area contributed by atoms with Crippen molar-refractivity contribution in [1.29, 1.82) is 0 Å². The van der Waals surface area contributed by atoms with E-state index in [4.69, 9.17) is 10.7 Å². The largest absolute Gasteiger partial charge is 0.325 e. The van der Waals surface area contributed by atoms with Gasteiger partial charge in [-0.1, -0.05) is 31.9 Å². The zero-order chi connectivity index (χ0) is 14.0. The summed E-state index contributed by atoms with van der Waals surface area (Å²) in [5, 5.41) is 1.21. The molecule has 0 aliphatic heterocycles. The van der Waals surface area contributed by atoms with Crippen LogP contribution in [0, 0.1) is 5.92 Å². The lowest BCUT2D eigenvalue weighted by molar-refractivity contribution is 0.223. The van der Waals surface area contributed by atoms with Crippen LogP contribution in [0.1, 0.15) is 50.5 Å². The van der Waals surface area contributed by atoms with Crippen molar-refractivity contribution >= 4 is 21.6 Å². The summed E-state index contributed by atoms with van der Waals surface area (Å²) in [4.78, 5) is 4.75. The lowest BCUT2D eigenvalue weighted by Gasteiger charge is -2.36. The Bertz CT molecular complexity index is 534. The molecule has 0 amide bonds. The second-order valence-electron chi connectivity index (χ2n) is 6.35. The minimum absolute atomic E-state index is 0.0158. The quantitative estimate of drug-likeness (QED) is 0.898. The Balaban J connectivity index is 1.68. The second-order valence-corrected chi connectivity index (χ2v) is 7.46. The van der Waals surface area contributed by atoms with Gasteiger partial charge in [0.25, 0.3) is 0 Å². The number of aromatic nitrogens is 1. The van der Waals surface area contributed by atoms with Gasteiger partial charge in [0.2, 0.25) is 0 Å². The first-order valence-electron chi connectivity index (χ1n) is 7.82. The highest BCUT2D eigenvalue weighted by atomic mass is 32.1. The van der Waals surface area contributed by atoms with Crippen molar-refractivity contribution in [2.45, 2.75) is 57.4 Å². The zero-order valence-corrected chi connectivity index (χ0v) is 13.1. The van der Waals surface area contributed by atoms with Crippen LogP contribution in [0.2, 0.25) is 0 Å². The van der Waals surface area contributed by atoms with E-state index >= 15 is 0 Å². The average molecular weight is 288 g/mol. The first kappa shape index (κ1) is 14.0. The normalized spacial score (nSPS) is 27.0. The Morgan fingerprint density at radius 1 is 1.30 bits per heavy atom. The first-order valence-corrected chi connectivity index (χ1v) is 8.63. The van der Waals surface area contributed by atoms with Crippen LogP contribution < -0.4 is 5.73 Å². The lowest BCUT2D eigenvalue weighted by Crippen LogP contribution is -2.45. The lowest BCUT2D eigenvalue weighted by atomic mass is 9.74. The van der Waals surface area contributed by atoms with Crippen LogP contribution >= 0.6 is 11.3 Å². The number of nitrogens with zero attached hydrogens (tertiary/aromatic N) is 1. The third-order valence-corrected chi connectivity index (χ3v) is 5.68. The molecule has 0 bridgehead atoms. The fourth-order valence-corrected chi connectivity index (χ4v) is 4.55. The van der Waals surface area contributed by atoms with Crippen LogP contribution in [0.3, 0.4) is 0 Å². The fraction of sp³-hybridized carbons (Fsp3) is 0.588.